The molecule has 2 aromatic carbocycles. The Labute approximate surface area is 207 Å². The van der Waals surface area contributed by atoms with Crippen LogP contribution in [0.2, 0.25) is 0 Å². The third-order valence-electron chi connectivity index (χ3n) is 6.15. The molecular weight excluding hydrogens is 442 g/mol. The van der Waals surface area contributed by atoms with Crippen LogP contribution in [-0.4, -0.2) is 43.6 Å². The number of carbonyl (C=O) groups is 2. The van der Waals surface area contributed by atoms with E-state index in [-0.39, 0.29) is 29.6 Å². The normalized spacial score (nSPS) is 13.0. The number of hydrogen-bond acceptors (Lipinski definition) is 4. The second-order valence-corrected chi connectivity index (χ2v) is 9.56. The second kappa shape index (κ2) is 11.8. The van der Waals surface area contributed by atoms with Crippen molar-refractivity contribution >= 4 is 22.7 Å². The molecule has 188 valence electrons. The molecule has 2 amide bonds. The Morgan fingerprint density at radius 2 is 1.69 bits per heavy atom. The molecule has 0 aliphatic heterocycles. The van der Waals surface area contributed by atoms with Crippen LogP contribution >= 0.6 is 0 Å². The number of fused-ring (bicyclic) bond motifs is 1. The van der Waals surface area contributed by atoms with Crippen molar-refractivity contribution in [3.63, 3.8) is 0 Å². The molecule has 2 unspecified atom stereocenters. The maximum absolute atomic E-state index is 13.3. The Hall–Kier alpha value is -3.48. The van der Waals surface area contributed by atoms with Crippen molar-refractivity contribution in [2.45, 2.75) is 46.1 Å². The van der Waals surface area contributed by atoms with Gasteiger partial charge in [0.1, 0.15) is 6.04 Å². The molecule has 0 aliphatic rings. The lowest BCUT2D eigenvalue weighted by Crippen LogP contribution is -2.50. The maximum Gasteiger partial charge on any atom is 0.242 e. The Bertz CT molecular complexity index is 1150. The van der Waals surface area contributed by atoms with Gasteiger partial charge in [-0.25, -0.2) is 0 Å². The highest BCUT2D eigenvalue weighted by atomic mass is 16.5. The van der Waals surface area contributed by atoms with Gasteiger partial charge in [-0.1, -0.05) is 58.0 Å². The largest absolute Gasteiger partial charge is 0.493 e. The molecule has 0 fully saturated rings. The molecule has 2 atom stereocenters. The number of amides is 2. The first-order valence-electron chi connectivity index (χ1n) is 12.1. The van der Waals surface area contributed by atoms with E-state index in [9.17, 15) is 9.59 Å². The first-order chi connectivity index (χ1) is 16.8. The number of H-pyrrole nitrogens is 1. The molecule has 0 aliphatic carbocycles. The molecule has 0 saturated carbocycles. The van der Waals surface area contributed by atoms with Crippen molar-refractivity contribution in [2.75, 3.05) is 20.8 Å². The molecular formula is C28H37N3O4. The summed E-state index contributed by atoms with van der Waals surface area (Å²) in [5, 5.41) is 7.09. The fraction of sp³-hybridized carbons (Fsp3) is 0.429. The number of aromatic nitrogens is 1. The molecule has 3 rings (SSSR count). The summed E-state index contributed by atoms with van der Waals surface area (Å²) in [6.07, 6.45) is 2.36. The Balaban J connectivity index is 1.94. The fourth-order valence-corrected chi connectivity index (χ4v) is 4.41. The van der Waals surface area contributed by atoms with Crippen molar-refractivity contribution in [3.05, 3.63) is 59.8 Å². The van der Waals surface area contributed by atoms with Crippen molar-refractivity contribution < 1.29 is 19.1 Å². The van der Waals surface area contributed by atoms with Crippen molar-refractivity contribution in [1.29, 1.82) is 0 Å². The molecule has 7 heteroatoms. The van der Waals surface area contributed by atoms with Crippen molar-refractivity contribution in [3.8, 4) is 11.5 Å². The minimum atomic E-state index is -0.614. The number of ether oxygens (including phenoxy) is 2. The topological polar surface area (TPSA) is 92.5 Å². The van der Waals surface area contributed by atoms with Crippen molar-refractivity contribution in [2.24, 2.45) is 11.8 Å². The highest BCUT2D eigenvalue weighted by Crippen LogP contribution is 2.40. The zero-order valence-electron chi connectivity index (χ0n) is 21.5. The van der Waals surface area contributed by atoms with E-state index in [1.165, 1.54) is 0 Å². The van der Waals surface area contributed by atoms with Crippen LogP contribution in [0.25, 0.3) is 10.9 Å². The van der Waals surface area contributed by atoms with Crippen LogP contribution < -0.4 is 20.1 Å². The average Bonchev–Trinajstić information content (AvgIpc) is 3.25. The molecule has 7 nitrogen and oxygen atoms in total. The third kappa shape index (κ3) is 6.15. The summed E-state index contributed by atoms with van der Waals surface area (Å²) in [7, 11) is 3.22. The van der Waals surface area contributed by atoms with Gasteiger partial charge in [0.05, 0.1) is 14.2 Å². The van der Waals surface area contributed by atoms with Gasteiger partial charge in [0.2, 0.25) is 11.8 Å². The highest BCUT2D eigenvalue weighted by Gasteiger charge is 2.28. The summed E-state index contributed by atoms with van der Waals surface area (Å²) in [5.74, 6) is 0.897. The molecule has 3 N–H and O–H groups in total. The van der Waals surface area contributed by atoms with Crippen LogP contribution in [0.4, 0.5) is 0 Å². The summed E-state index contributed by atoms with van der Waals surface area (Å²) in [5.41, 5.74) is 2.96. The summed E-state index contributed by atoms with van der Waals surface area (Å²) in [4.78, 5) is 29.0. The Kier molecular flexibility index (Phi) is 8.79. The molecule has 0 radical (unpaired) electrons. The number of rotatable bonds is 11. The van der Waals surface area contributed by atoms with Gasteiger partial charge in [0.15, 0.2) is 11.5 Å². The number of methoxy groups -OCH3 is 2. The van der Waals surface area contributed by atoms with Crippen LogP contribution in [0.3, 0.4) is 0 Å². The summed E-state index contributed by atoms with van der Waals surface area (Å²) in [6, 6.07) is 13.2. The number of carbonyl (C=O) groups excluding carboxylic acids is 2. The van der Waals surface area contributed by atoms with E-state index < -0.39 is 6.04 Å². The molecule has 0 bridgehead atoms. The first-order valence-corrected chi connectivity index (χ1v) is 12.1. The molecule has 3 aromatic rings. The minimum Gasteiger partial charge on any atom is -0.493 e. The van der Waals surface area contributed by atoms with Crippen LogP contribution in [0, 0.1) is 11.8 Å². The predicted octanol–water partition coefficient (Wildman–Crippen LogP) is 4.62. The summed E-state index contributed by atoms with van der Waals surface area (Å²) >= 11 is 0. The lowest BCUT2D eigenvalue weighted by atomic mass is 9.89. The van der Waals surface area contributed by atoms with Gasteiger partial charge in [0.25, 0.3) is 0 Å². The van der Waals surface area contributed by atoms with Gasteiger partial charge >= 0.3 is 0 Å². The highest BCUT2D eigenvalue weighted by molar-refractivity contribution is 5.88. The van der Waals surface area contributed by atoms with Crippen molar-refractivity contribution in [1.82, 2.24) is 15.6 Å². The standard InChI is InChI=1S/C28H37N3O4/c1-17(2)14-25(32)31-26(18(3)4)28(33)30-16-22(20-11-9-13-24(34-5)27(20)35-6)21-15-29-23-12-8-7-10-19(21)23/h7-13,15,17-18,22,26,29H,14,16H2,1-6H3,(H,30,33)(H,31,32). The summed E-state index contributed by atoms with van der Waals surface area (Å²) in [6.45, 7) is 8.16. The molecule has 0 saturated heterocycles. The van der Waals surface area contributed by atoms with E-state index in [0.717, 1.165) is 22.0 Å². The van der Waals surface area contributed by atoms with E-state index in [0.29, 0.717) is 24.5 Å². The van der Waals surface area contributed by atoms with Crippen LogP contribution in [0.1, 0.15) is 51.2 Å². The fourth-order valence-electron chi connectivity index (χ4n) is 4.41. The Morgan fingerprint density at radius 3 is 2.34 bits per heavy atom. The number of hydrogen-bond donors (Lipinski definition) is 3. The third-order valence-corrected chi connectivity index (χ3v) is 6.15. The van der Waals surface area contributed by atoms with Gasteiger partial charge < -0.3 is 25.1 Å². The second-order valence-electron chi connectivity index (χ2n) is 9.56. The SMILES string of the molecule is COc1cccc(C(CNC(=O)C(NC(=O)CC(C)C)C(C)C)c2c[nH]c3ccccc23)c1OC. The van der Waals surface area contributed by atoms with Crippen LogP contribution in [0.5, 0.6) is 11.5 Å². The lowest BCUT2D eigenvalue weighted by molar-refractivity contribution is -0.130. The number of aromatic amines is 1. The summed E-state index contributed by atoms with van der Waals surface area (Å²) < 4.78 is 11.3. The number of benzene rings is 2. The van der Waals surface area contributed by atoms with E-state index in [2.05, 4.69) is 21.7 Å². The van der Waals surface area contributed by atoms with Gasteiger partial charge in [0, 0.05) is 41.5 Å². The average molecular weight is 480 g/mol. The van der Waals surface area contributed by atoms with Gasteiger partial charge in [-0.05, 0) is 29.5 Å². The molecule has 1 heterocycles. The van der Waals surface area contributed by atoms with Gasteiger partial charge in [-0.2, -0.15) is 0 Å². The van der Waals surface area contributed by atoms with E-state index >= 15 is 0 Å². The Morgan fingerprint density at radius 1 is 0.943 bits per heavy atom. The minimum absolute atomic E-state index is 0.0518. The van der Waals surface area contributed by atoms with E-state index in [1.54, 1.807) is 14.2 Å². The van der Waals surface area contributed by atoms with E-state index in [4.69, 9.17) is 9.47 Å². The predicted molar refractivity (Wildman–Crippen MR) is 139 cm³/mol. The van der Waals surface area contributed by atoms with Crippen LogP contribution in [-0.2, 0) is 9.59 Å². The zero-order valence-corrected chi connectivity index (χ0v) is 21.5. The monoisotopic (exact) mass is 479 g/mol. The quantitative estimate of drug-likeness (QED) is 0.374. The van der Waals surface area contributed by atoms with Gasteiger partial charge in [-0.15, -0.1) is 0 Å². The maximum atomic E-state index is 13.3. The molecule has 35 heavy (non-hydrogen) atoms. The number of para-hydroxylation sites is 2. The zero-order chi connectivity index (χ0) is 25.5. The smallest absolute Gasteiger partial charge is 0.242 e. The first kappa shape index (κ1) is 26.1. The lowest BCUT2D eigenvalue weighted by Gasteiger charge is -2.25. The molecule has 0 spiro atoms. The number of nitrogens with one attached hydrogen (secondary N) is 3. The van der Waals surface area contributed by atoms with E-state index in [1.807, 2.05) is 70.3 Å². The van der Waals surface area contributed by atoms with Gasteiger partial charge in [-0.3, -0.25) is 9.59 Å². The van der Waals surface area contributed by atoms with Crippen LogP contribution in [0.15, 0.2) is 48.7 Å². The molecule has 1 aromatic heterocycles.